The zero-order chi connectivity index (χ0) is 12.3. The molecule has 0 spiro atoms. The number of halogens is 1. The molecule has 0 aliphatic carbocycles. The van der Waals surface area contributed by atoms with Crippen LogP contribution in [-0.4, -0.2) is 29.4 Å². The van der Waals surface area contributed by atoms with Gasteiger partial charge in [0.05, 0.1) is 5.56 Å². The molecule has 2 amide bonds. The lowest BCUT2D eigenvalue weighted by Crippen LogP contribution is -2.50. The number of nitrogens with one attached hydrogen (secondary N) is 2. The first kappa shape index (κ1) is 12.0. The van der Waals surface area contributed by atoms with Gasteiger partial charge in [0, 0.05) is 12.7 Å². The van der Waals surface area contributed by atoms with Gasteiger partial charge < -0.3 is 10.6 Å². The minimum Gasteiger partial charge on any atom is -0.354 e. The molecule has 90 valence electrons. The molecule has 1 aromatic rings. The molecule has 0 aromatic carbocycles. The highest BCUT2D eigenvalue weighted by Gasteiger charge is 2.23. The Morgan fingerprint density at radius 1 is 1.53 bits per heavy atom. The summed E-state index contributed by atoms with van der Waals surface area (Å²) in [4.78, 5) is 27.3. The number of carbonyl (C=O) groups is 2. The van der Waals surface area contributed by atoms with Crippen molar-refractivity contribution in [3.05, 3.63) is 28.5 Å². The molecule has 1 aliphatic heterocycles. The lowest BCUT2D eigenvalue weighted by molar-refractivity contribution is -0.124. The highest BCUT2D eigenvalue weighted by Crippen LogP contribution is 2.08. The number of hydrogen-bond donors (Lipinski definition) is 2. The average Bonchev–Trinajstić information content (AvgIpc) is 2.33. The van der Waals surface area contributed by atoms with Crippen LogP contribution in [0.25, 0.3) is 0 Å². The SMILES string of the molecule is O=C(NC1CCCNC1=O)c1ccc(Br)nc1. The van der Waals surface area contributed by atoms with Gasteiger partial charge in [-0.3, -0.25) is 9.59 Å². The first-order valence-electron chi connectivity index (χ1n) is 5.37. The van der Waals surface area contributed by atoms with Crippen LogP contribution in [0.4, 0.5) is 0 Å². The predicted octanol–water partition coefficient (Wildman–Crippen LogP) is 0.853. The van der Waals surface area contributed by atoms with Crippen molar-refractivity contribution in [2.24, 2.45) is 0 Å². The highest BCUT2D eigenvalue weighted by molar-refractivity contribution is 9.10. The van der Waals surface area contributed by atoms with E-state index < -0.39 is 6.04 Å². The fraction of sp³-hybridized carbons (Fsp3) is 0.364. The Hall–Kier alpha value is -1.43. The summed E-state index contributed by atoms with van der Waals surface area (Å²) < 4.78 is 0.671. The van der Waals surface area contributed by atoms with Crippen LogP contribution in [0.2, 0.25) is 0 Å². The number of pyridine rings is 1. The Labute approximate surface area is 107 Å². The number of nitrogens with zero attached hydrogens (tertiary/aromatic N) is 1. The number of rotatable bonds is 2. The summed E-state index contributed by atoms with van der Waals surface area (Å²) >= 11 is 3.20. The Kier molecular flexibility index (Phi) is 3.73. The maximum Gasteiger partial charge on any atom is 0.253 e. The monoisotopic (exact) mass is 297 g/mol. The molecule has 1 aliphatic rings. The zero-order valence-corrected chi connectivity index (χ0v) is 10.7. The van der Waals surface area contributed by atoms with Crippen molar-refractivity contribution < 1.29 is 9.59 Å². The van der Waals surface area contributed by atoms with E-state index in [1.165, 1.54) is 6.20 Å². The number of aromatic nitrogens is 1. The second-order valence-corrected chi connectivity index (χ2v) is 4.64. The Balaban J connectivity index is 2.01. The summed E-state index contributed by atoms with van der Waals surface area (Å²) in [5.41, 5.74) is 0.451. The van der Waals surface area contributed by atoms with Crippen LogP contribution in [0.5, 0.6) is 0 Å². The molecule has 17 heavy (non-hydrogen) atoms. The lowest BCUT2D eigenvalue weighted by atomic mass is 10.1. The van der Waals surface area contributed by atoms with Crippen molar-refractivity contribution in [1.29, 1.82) is 0 Å². The van der Waals surface area contributed by atoms with E-state index in [9.17, 15) is 9.59 Å². The molecule has 2 heterocycles. The van der Waals surface area contributed by atoms with Gasteiger partial charge in [-0.25, -0.2) is 4.98 Å². The Morgan fingerprint density at radius 2 is 2.35 bits per heavy atom. The van der Waals surface area contributed by atoms with Crippen molar-refractivity contribution in [3.63, 3.8) is 0 Å². The van der Waals surface area contributed by atoms with Gasteiger partial charge in [-0.05, 0) is 40.9 Å². The van der Waals surface area contributed by atoms with E-state index in [0.29, 0.717) is 23.1 Å². The molecule has 1 aromatic heterocycles. The number of piperidine rings is 1. The van der Waals surface area contributed by atoms with Gasteiger partial charge in [0.2, 0.25) is 5.91 Å². The van der Waals surface area contributed by atoms with Crippen molar-refractivity contribution in [3.8, 4) is 0 Å². The summed E-state index contributed by atoms with van der Waals surface area (Å²) in [6, 6.07) is 2.92. The number of amides is 2. The average molecular weight is 298 g/mol. The molecule has 1 atom stereocenters. The zero-order valence-electron chi connectivity index (χ0n) is 9.07. The van der Waals surface area contributed by atoms with Crippen molar-refractivity contribution in [2.75, 3.05) is 6.54 Å². The minimum atomic E-state index is -0.431. The third-order valence-corrected chi connectivity index (χ3v) is 3.05. The van der Waals surface area contributed by atoms with Gasteiger partial charge in [-0.2, -0.15) is 0 Å². The first-order chi connectivity index (χ1) is 8.16. The smallest absolute Gasteiger partial charge is 0.253 e. The van der Waals surface area contributed by atoms with Crippen LogP contribution in [-0.2, 0) is 4.79 Å². The lowest BCUT2D eigenvalue weighted by Gasteiger charge is -2.22. The van der Waals surface area contributed by atoms with Gasteiger partial charge in [0.1, 0.15) is 10.6 Å². The van der Waals surface area contributed by atoms with Crippen LogP contribution < -0.4 is 10.6 Å². The van der Waals surface area contributed by atoms with Crippen molar-refractivity contribution in [2.45, 2.75) is 18.9 Å². The second kappa shape index (κ2) is 5.27. The normalized spacial score (nSPS) is 19.6. The van der Waals surface area contributed by atoms with E-state index in [1.807, 2.05) is 0 Å². The van der Waals surface area contributed by atoms with Gasteiger partial charge >= 0.3 is 0 Å². The van der Waals surface area contributed by atoms with Crippen LogP contribution in [0, 0.1) is 0 Å². The summed E-state index contributed by atoms with van der Waals surface area (Å²) in [7, 11) is 0. The predicted molar refractivity (Wildman–Crippen MR) is 65.4 cm³/mol. The molecule has 2 rings (SSSR count). The van der Waals surface area contributed by atoms with E-state index in [0.717, 1.165) is 6.42 Å². The van der Waals surface area contributed by atoms with Crippen LogP contribution in [0.3, 0.4) is 0 Å². The third kappa shape index (κ3) is 3.03. The summed E-state index contributed by atoms with van der Waals surface area (Å²) in [6.45, 7) is 0.686. The molecule has 0 saturated carbocycles. The molecular weight excluding hydrogens is 286 g/mol. The summed E-state index contributed by atoms with van der Waals surface area (Å²) in [5, 5.41) is 5.42. The molecule has 1 saturated heterocycles. The van der Waals surface area contributed by atoms with Crippen molar-refractivity contribution >= 4 is 27.7 Å². The molecular formula is C11H12BrN3O2. The maximum absolute atomic E-state index is 11.8. The van der Waals surface area contributed by atoms with Crippen LogP contribution in [0.15, 0.2) is 22.9 Å². The Morgan fingerprint density at radius 3 is 3.00 bits per heavy atom. The highest BCUT2D eigenvalue weighted by atomic mass is 79.9. The maximum atomic E-state index is 11.8. The molecule has 0 bridgehead atoms. The van der Waals surface area contributed by atoms with Gasteiger partial charge in [-0.15, -0.1) is 0 Å². The number of carbonyl (C=O) groups excluding carboxylic acids is 2. The largest absolute Gasteiger partial charge is 0.354 e. The fourth-order valence-electron chi connectivity index (χ4n) is 1.66. The Bertz CT molecular complexity index is 433. The van der Waals surface area contributed by atoms with Gasteiger partial charge in [-0.1, -0.05) is 0 Å². The quantitative estimate of drug-likeness (QED) is 0.795. The van der Waals surface area contributed by atoms with Crippen LogP contribution >= 0.6 is 15.9 Å². The van der Waals surface area contributed by atoms with Gasteiger partial charge in [0.15, 0.2) is 0 Å². The minimum absolute atomic E-state index is 0.116. The fourth-order valence-corrected chi connectivity index (χ4v) is 1.90. The molecule has 1 unspecified atom stereocenters. The number of hydrogen-bond acceptors (Lipinski definition) is 3. The second-order valence-electron chi connectivity index (χ2n) is 3.83. The topological polar surface area (TPSA) is 71.1 Å². The van der Waals surface area contributed by atoms with Crippen LogP contribution in [0.1, 0.15) is 23.2 Å². The molecule has 0 radical (unpaired) electrons. The van der Waals surface area contributed by atoms with E-state index in [-0.39, 0.29) is 11.8 Å². The molecule has 6 heteroatoms. The molecule has 5 nitrogen and oxygen atoms in total. The summed E-state index contributed by atoms with van der Waals surface area (Å²) in [5.74, 6) is -0.387. The van der Waals surface area contributed by atoms with E-state index in [4.69, 9.17) is 0 Å². The molecule has 2 N–H and O–H groups in total. The standard InChI is InChI=1S/C11H12BrN3O2/c12-9-4-3-7(6-14-9)10(16)15-8-2-1-5-13-11(8)17/h3-4,6,8H,1-2,5H2,(H,13,17)(H,15,16). The van der Waals surface area contributed by atoms with Crippen molar-refractivity contribution in [1.82, 2.24) is 15.6 Å². The molecule has 1 fully saturated rings. The van der Waals surface area contributed by atoms with E-state index >= 15 is 0 Å². The van der Waals surface area contributed by atoms with E-state index in [1.54, 1.807) is 12.1 Å². The first-order valence-corrected chi connectivity index (χ1v) is 6.16. The summed E-state index contributed by atoms with van der Waals surface area (Å²) in [6.07, 6.45) is 3.04. The van der Waals surface area contributed by atoms with E-state index in [2.05, 4.69) is 31.5 Å². The van der Waals surface area contributed by atoms with Gasteiger partial charge in [0.25, 0.3) is 5.91 Å². The third-order valence-electron chi connectivity index (χ3n) is 2.58.